The van der Waals surface area contributed by atoms with E-state index in [4.69, 9.17) is 0 Å². The van der Waals surface area contributed by atoms with Crippen LogP contribution < -0.4 is 0 Å². The first-order chi connectivity index (χ1) is 8.41. The molecular formula is C16H35SSn-. The number of unbranched alkanes of at least 4 members (excludes halogenated alkanes) is 10. The summed E-state index contributed by atoms with van der Waals surface area (Å²) in [5.74, 6) is 0. The van der Waals surface area contributed by atoms with Gasteiger partial charge in [0.2, 0.25) is 0 Å². The van der Waals surface area contributed by atoms with Gasteiger partial charge in [0.1, 0.15) is 0 Å². The van der Waals surface area contributed by atoms with Crippen molar-refractivity contribution in [1.29, 1.82) is 0 Å². The van der Waals surface area contributed by atoms with Crippen molar-refractivity contribution in [2.75, 3.05) is 0 Å². The molecule has 0 rings (SSSR count). The predicted octanol–water partition coefficient (Wildman–Crippen LogP) is 5.98. The average Bonchev–Trinajstić information content (AvgIpc) is 2.35. The molecule has 0 heterocycles. The van der Waals surface area contributed by atoms with Crippen molar-refractivity contribution in [2.45, 2.75) is 99.8 Å². The minimum Gasteiger partial charge on any atom is -0.813 e. The van der Waals surface area contributed by atoms with Gasteiger partial charge < -0.3 is 13.5 Å². The van der Waals surface area contributed by atoms with Crippen LogP contribution in [0.5, 0.6) is 0 Å². The van der Waals surface area contributed by atoms with Crippen LogP contribution in [0.4, 0.5) is 0 Å². The Kier molecular flexibility index (Phi) is 24.4. The average molecular weight is 378 g/mol. The van der Waals surface area contributed by atoms with E-state index >= 15 is 0 Å². The van der Waals surface area contributed by atoms with Crippen LogP contribution in [-0.2, 0) is 13.5 Å². The topological polar surface area (TPSA) is 0 Å². The van der Waals surface area contributed by atoms with Crippen LogP contribution >= 0.6 is 0 Å². The molecule has 0 N–H and O–H groups in total. The maximum atomic E-state index is 2.30. The van der Waals surface area contributed by atoms with Crippen molar-refractivity contribution >= 4 is 34.6 Å². The maximum Gasteiger partial charge on any atom is -0.813 e. The fourth-order valence-electron chi connectivity index (χ4n) is 2.19. The minimum absolute atomic E-state index is 0. The van der Waals surface area contributed by atoms with Crippen LogP contribution in [0, 0.1) is 0 Å². The van der Waals surface area contributed by atoms with Gasteiger partial charge in [0.15, 0.2) is 0 Å². The Morgan fingerprint density at radius 2 is 0.833 bits per heavy atom. The Morgan fingerprint density at radius 3 is 1.22 bits per heavy atom. The number of rotatable bonds is 14. The smallest absolute Gasteiger partial charge is 0.813 e. The second kappa shape index (κ2) is 20.5. The summed E-state index contributed by atoms with van der Waals surface area (Å²) in [5, 5.41) is 0. The van der Waals surface area contributed by atoms with Gasteiger partial charge in [-0.1, -0.05) is 0 Å². The molecule has 0 bridgehead atoms. The van der Waals surface area contributed by atoms with Crippen molar-refractivity contribution in [3.63, 3.8) is 0 Å². The number of thiol groups is 1. The molecule has 110 valence electrons. The molecule has 0 spiro atoms. The molecule has 0 unspecified atom stereocenters. The molecule has 0 aromatic rings. The largest absolute Gasteiger partial charge is 0.813 e. The first-order valence-corrected chi connectivity index (χ1v) is 12.2. The Bertz CT molecular complexity index is 114. The van der Waals surface area contributed by atoms with Crippen molar-refractivity contribution in [3.8, 4) is 0 Å². The standard InChI is InChI=1S/2C8H17.H2S.Sn/c2*1-3-5-7-8-6-4-2;;/h2*1,3-8H2,2H3;1H2;/p-1. The first-order valence-electron chi connectivity index (χ1n) is 8.12. The molecule has 0 nitrogen and oxygen atoms in total. The minimum atomic E-state index is 0. The normalized spacial score (nSPS) is 10.3. The van der Waals surface area contributed by atoms with Gasteiger partial charge in [0, 0.05) is 0 Å². The van der Waals surface area contributed by atoms with E-state index in [2.05, 4.69) is 13.8 Å². The van der Waals surface area contributed by atoms with Crippen molar-refractivity contribution < 1.29 is 0 Å². The third-order valence-corrected chi connectivity index (χ3v) is 7.45. The molecule has 0 aromatic heterocycles. The van der Waals surface area contributed by atoms with Crippen LogP contribution in [-0.4, -0.2) is 21.1 Å². The van der Waals surface area contributed by atoms with E-state index in [0.717, 1.165) is 0 Å². The van der Waals surface area contributed by atoms with E-state index in [0.29, 0.717) is 0 Å². The molecule has 0 amide bonds. The monoisotopic (exact) mass is 379 g/mol. The zero-order valence-electron chi connectivity index (χ0n) is 12.8. The Balaban J connectivity index is 0. The molecule has 0 aliphatic heterocycles. The van der Waals surface area contributed by atoms with Crippen LogP contribution in [0.1, 0.15) is 90.9 Å². The van der Waals surface area contributed by atoms with E-state index in [1.807, 2.05) is 0 Å². The van der Waals surface area contributed by atoms with Crippen molar-refractivity contribution in [3.05, 3.63) is 0 Å². The zero-order chi connectivity index (χ0) is 12.6. The summed E-state index contributed by atoms with van der Waals surface area (Å²) in [5.41, 5.74) is 0. The molecule has 18 heavy (non-hydrogen) atoms. The van der Waals surface area contributed by atoms with Crippen molar-refractivity contribution in [1.82, 2.24) is 0 Å². The fourth-order valence-corrected chi connectivity index (χ4v) is 5.75. The molecular weight excluding hydrogens is 343 g/mol. The molecule has 0 aromatic carbocycles. The van der Waals surface area contributed by atoms with Gasteiger partial charge in [-0.25, -0.2) is 0 Å². The van der Waals surface area contributed by atoms with Gasteiger partial charge in [-0.2, -0.15) is 0 Å². The second-order valence-corrected chi connectivity index (χ2v) is 9.57. The van der Waals surface area contributed by atoms with Gasteiger partial charge in [-0.3, -0.25) is 0 Å². The molecule has 0 saturated carbocycles. The fraction of sp³-hybridized carbons (Fsp3) is 1.00. The Hall–Kier alpha value is 1.15. The van der Waals surface area contributed by atoms with Gasteiger partial charge in [0.05, 0.1) is 0 Å². The Labute approximate surface area is 134 Å². The van der Waals surface area contributed by atoms with E-state index in [1.165, 1.54) is 64.2 Å². The number of hydrogen-bond donors (Lipinski definition) is 0. The van der Waals surface area contributed by atoms with E-state index in [1.54, 1.807) is 21.7 Å². The summed E-state index contributed by atoms with van der Waals surface area (Å²) in [6.45, 7) is 4.60. The molecule has 0 saturated heterocycles. The van der Waals surface area contributed by atoms with Gasteiger partial charge >= 0.3 is 121 Å². The third-order valence-electron chi connectivity index (χ3n) is 3.41. The van der Waals surface area contributed by atoms with Crippen LogP contribution in [0.3, 0.4) is 0 Å². The van der Waals surface area contributed by atoms with Gasteiger partial charge in [-0.05, 0) is 0 Å². The SMILES string of the molecule is CCCCCCC[CH2][Sn][CH2]CCCCCCC.[SH-]. The molecule has 0 aliphatic carbocycles. The summed E-state index contributed by atoms with van der Waals surface area (Å²) in [6, 6.07) is 0. The van der Waals surface area contributed by atoms with E-state index in [-0.39, 0.29) is 34.6 Å². The summed E-state index contributed by atoms with van der Waals surface area (Å²) in [7, 11) is 0. The van der Waals surface area contributed by atoms with E-state index in [9.17, 15) is 0 Å². The predicted molar refractivity (Wildman–Crippen MR) is 90.9 cm³/mol. The Morgan fingerprint density at radius 1 is 0.500 bits per heavy atom. The quantitative estimate of drug-likeness (QED) is 0.155. The summed E-state index contributed by atoms with van der Waals surface area (Å²) in [4.78, 5) is 0. The van der Waals surface area contributed by atoms with Crippen molar-refractivity contribution in [2.24, 2.45) is 0 Å². The number of hydrogen-bond acceptors (Lipinski definition) is 1. The molecule has 0 atom stereocenters. The van der Waals surface area contributed by atoms with Crippen LogP contribution in [0.2, 0.25) is 8.87 Å². The molecule has 2 heteroatoms. The van der Waals surface area contributed by atoms with Crippen LogP contribution in [0.15, 0.2) is 0 Å². The maximum absolute atomic E-state index is 2.30. The molecule has 0 aliphatic rings. The van der Waals surface area contributed by atoms with E-state index < -0.39 is 0 Å². The summed E-state index contributed by atoms with van der Waals surface area (Å²) < 4.78 is 3.31. The van der Waals surface area contributed by atoms with Gasteiger partial charge in [0.25, 0.3) is 0 Å². The first kappa shape index (κ1) is 21.4. The van der Waals surface area contributed by atoms with Crippen LogP contribution in [0.25, 0.3) is 0 Å². The zero-order valence-corrected chi connectivity index (χ0v) is 16.6. The summed E-state index contributed by atoms with van der Waals surface area (Å²) >= 11 is 0.0736. The third kappa shape index (κ3) is 19.5. The summed E-state index contributed by atoms with van der Waals surface area (Å²) in [6.07, 6.45) is 17.8. The van der Waals surface area contributed by atoms with Gasteiger partial charge in [-0.15, -0.1) is 0 Å². The molecule has 0 fully saturated rings. The molecule has 2 radical (unpaired) electrons. The second-order valence-electron chi connectivity index (χ2n) is 5.29.